The van der Waals surface area contributed by atoms with Crippen LogP contribution in [-0.4, -0.2) is 12.1 Å². The minimum atomic E-state index is 0.939. The van der Waals surface area contributed by atoms with Crippen LogP contribution >= 0.6 is 0 Å². The zero-order valence-corrected chi connectivity index (χ0v) is 10.1. The number of rotatable bonds is 2. The van der Waals surface area contributed by atoms with E-state index in [2.05, 4.69) is 48.3 Å². The number of benzene rings is 2. The normalized spacial score (nSPS) is 11.2. The van der Waals surface area contributed by atoms with Gasteiger partial charge in [0.05, 0.1) is 12.6 Å². The highest BCUT2D eigenvalue weighted by Gasteiger charge is 2.09. The zero-order chi connectivity index (χ0) is 11.8. The number of aromatic nitrogens is 1. The highest BCUT2D eigenvalue weighted by atomic mass is 16.5. The van der Waals surface area contributed by atoms with E-state index < -0.39 is 0 Å². The van der Waals surface area contributed by atoms with Crippen LogP contribution in [0.5, 0.6) is 5.75 Å². The maximum Gasteiger partial charge on any atom is 0.128 e. The molecule has 3 aromatic rings. The molecule has 0 unspecified atom stereocenters. The molecule has 1 aromatic heterocycles. The number of aromatic amines is 1. The largest absolute Gasteiger partial charge is 0.496 e. The molecule has 0 atom stereocenters. The van der Waals surface area contributed by atoms with E-state index in [9.17, 15) is 0 Å². The minimum absolute atomic E-state index is 0.939. The molecule has 0 aliphatic heterocycles. The van der Waals surface area contributed by atoms with Gasteiger partial charge in [-0.05, 0) is 23.9 Å². The van der Waals surface area contributed by atoms with Gasteiger partial charge in [-0.15, -0.1) is 0 Å². The lowest BCUT2D eigenvalue weighted by molar-refractivity contribution is 0.420. The SMILES string of the molecule is CCc1cc2c(OC)cc3ccccc3c2[nH]1. The Morgan fingerprint density at radius 2 is 1.94 bits per heavy atom. The van der Waals surface area contributed by atoms with Gasteiger partial charge in [0.1, 0.15) is 5.75 Å². The van der Waals surface area contributed by atoms with Crippen molar-refractivity contribution in [3.8, 4) is 5.75 Å². The van der Waals surface area contributed by atoms with Gasteiger partial charge in [0.2, 0.25) is 0 Å². The third-order valence-electron chi connectivity index (χ3n) is 3.26. The monoisotopic (exact) mass is 225 g/mol. The molecular weight excluding hydrogens is 210 g/mol. The minimum Gasteiger partial charge on any atom is -0.496 e. The molecule has 0 aliphatic carbocycles. The molecular formula is C15H15NO. The summed E-state index contributed by atoms with van der Waals surface area (Å²) in [6.45, 7) is 2.15. The Kier molecular flexibility index (Phi) is 2.29. The first-order valence-corrected chi connectivity index (χ1v) is 5.91. The van der Waals surface area contributed by atoms with Gasteiger partial charge in [-0.2, -0.15) is 0 Å². The maximum absolute atomic E-state index is 5.47. The van der Waals surface area contributed by atoms with Crippen molar-refractivity contribution in [2.45, 2.75) is 13.3 Å². The average Bonchev–Trinajstić information content (AvgIpc) is 2.82. The third kappa shape index (κ3) is 1.48. The first kappa shape index (κ1) is 10.2. The first-order valence-electron chi connectivity index (χ1n) is 5.91. The van der Waals surface area contributed by atoms with Crippen LogP contribution in [0.4, 0.5) is 0 Å². The van der Waals surface area contributed by atoms with Crippen molar-refractivity contribution in [2.75, 3.05) is 7.11 Å². The Balaban J connectivity index is 2.49. The van der Waals surface area contributed by atoms with E-state index in [-0.39, 0.29) is 0 Å². The highest BCUT2D eigenvalue weighted by molar-refractivity contribution is 6.08. The van der Waals surface area contributed by atoms with Gasteiger partial charge in [0.25, 0.3) is 0 Å². The fourth-order valence-corrected chi connectivity index (χ4v) is 2.35. The van der Waals surface area contributed by atoms with Crippen LogP contribution < -0.4 is 4.74 Å². The summed E-state index contributed by atoms with van der Waals surface area (Å²) >= 11 is 0. The molecule has 0 spiro atoms. The third-order valence-corrected chi connectivity index (χ3v) is 3.26. The van der Waals surface area contributed by atoms with Gasteiger partial charge < -0.3 is 9.72 Å². The van der Waals surface area contributed by atoms with E-state index in [1.54, 1.807) is 7.11 Å². The van der Waals surface area contributed by atoms with E-state index in [0.717, 1.165) is 12.2 Å². The Hall–Kier alpha value is -1.96. The van der Waals surface area contributed by atoms with Gasteiger partial charge in [-0.1, -0.05) is 31.2 Å². The summed E-state index contributed by atoms with van der Waals surface area (Å²) < 4.78 is 5.47. The van der Waals surface area contributed by atoms with E-state index >= 15 is 0 Å². The number of ether oxygens (including phenoxy) is 1. The molecule has 0 radical (unpaired) electrons. The van der Waals surface area contributed by atoms with Crippen molar-refractivity contribution in [3.63, 3.8) is 0 Å². The summed E-state index contributed by atoms with van der Waals surface area (Å²) in [7, 11) is 1.72. The molecule has 0 saturated heterocycles. The number of nitrogens with one attached hydrogen (secondary N) is 1. The molecule has 0 amide bonds. The number of H-pyrrole nitrogens is 1. The van der Waals surface area contributed by atoms with Crippen molar-refractivity contribution >= 4 is 21.7 Å². The van der Waals surface area contributed by atoms with E-state index in [0.29, 0.717) is 0 Å². The van der Waals surface area contributed by atoms with Crippen LogP contribution in [0, 0.1) is 0 Å². The number of methoxy groups -OCH3 is 1. The second-order valence-electron chi connectivity index (χ2n) is 4.24. The molecule has 0 aliphatic rings. The topological polar surface area (TPSA) is 25.0 Å². The molecule has 0 bridgehead atoms. The highest BCUT2D eigenvalue weighted by Crippen LogP contribution is 2.33. The smallest absolute Gasteiger partial charge is 0.128 e. The van der Waals surface area contributed by atoms with Gasteiger partial charge in [0.15, 0.2) is 0 Å². The Morgan fingerprint density at radius 1 is 1.12 bits per heavy atom. The average molecular weight is 225 g/mol. The second-order valence-corrected chi connectivity index (χ2v) is 4.24. The Bertz CT molecular complexity index is 682. The lowest BCUT2D eigenvalue weighted by Gasteiger charge is -2.05. The van der Waals surface area contributed by atoms with Crippen LogP contribution in [0.2, 0.25) is 0 Å². The molecule has 0 saturated carbocycles. The summed E-state index contributed by atoms with van der Waals surface area (Å²) in [4.78, 5) is 3.48. The summed E-state index contributed by atoms with van der Waals surface area (Å²) in [5.41, 5.74) is 2.42. The van der Waals surface area contributed by atoms with Crippen LogP contribution in [0.3, 0.4) is 0 Å². The fourth-order valence-electron chi connectivity index (χ4n) is 2.35. The summed E-state index contributed by atoms with van der Waals surface area (Å²) in [6.07, 6.45) is 1.01. The Labute approximate surface area is 100 Å². The molecule has 2 aromatic carbocycles. The van der Waals surface area contributed by atoms with Gasteiger partial charge in [0, 0.05) is 16.5 Å². The molecule has 0 fully saturated rings. The maximum atomic E-state index is 5.47. The molecule has 3 rings (SSSR count). The van der Waals surface area contributed by atoms with Crippen molar-refractivity contribution in [2.24, 2.45) is 0 Å². The molecule has 2 nitrogen and oxygen atoms in total. The van der Waals surface area contributed by atoms with E-state index in [1.165, 1.54) is 27.4 Å². The second kappa shape index (κ2) is 3.81. The lowest BCUT2D eigenvalue weighted by Crippen LogP contribution is -1.84. The summed E-state index contributed by atoms with van der Waals surface area (Å²) in [6, 6.07) is 12.7. The molecule has 1 heterocycles. The van der Waals surface area contributed by atoms with Crippen molar-refractivity contribution < 1.29 is 4.74 Å². The predicted octanol–water partition coefficient (Wildman–Crippen LogP) is 3.89. The molecule has 1 N–H and O–H groups in total. The number of fused-ring (bicyclic) bond motifs is 3. The molecule has 86 valence electrons. The van der Waals surface area contributed by atoms with Crippen molar-refractivity contribution in [1.29, 1.82) is 0 Å². The Morgan fingerprint density at radius 3 is 2.71 bits per heavy atom. The van der Waals surface area contributed by atoms with Crippen LogP contribution in [0.25, 0.3) is 21.7 Å². The summed E-state index contributed by atoms with van der Waals surface area (Å²) in [5.74, 6) is 0.939. The van der Waals surface area contributed by atoms with Gasteiger partial charge >= 0.3 is 0 Å². The lowest BCUT2D eigenvalue weighted by atomic mass is 10.1. The zero-order valence-electron chi connectivity index (χ0n) is 10.1. The fraction of sp³-hybridized carbons (Fsp3) is 0.200. The number of aryl methyl sites for hydroxylation is 1. The van der Waals surface area contributed by atoms with Crippen LogP contribution in [0.1, 0.15) is 12.6 Å². The van der Waals surface area contributed by atoms with Crippen LogP contribution in [0.15, 0.2) is 36.4 Å². The molecule has 17 heavy (non-hydrogen) atoms. The van der Waals surface area contributed by atoms with E-state index in [1.807, 2.05) is 0 Å². The number of hydrogen-bond donors (Lipinski definition) is 1. The van der Waals surface area contributed by atoms with Crippen LogP contribution in [-0.2, 0) is 6.42 Å². The summed E-state index contributed by atoms with van der Waals surface area (Å²) in [5, 5.41) is 3.63. The predicted molar refractivity (Wildman–Crippen MR) is 71.7 cm³/mol. The van der Waals surface area contributed by atoms with Gasteiger partial charge in [-0.25, -0.2) is 0 Å². The standard InChI is InChI=1S/C15H15NO/c1-3-11-9-13-14(17-2)8-10-6-4-5-7-12(10)15(13)16-11/h4-9,16H,3H2,1-2H3. The molecule has 2 heteroatoms. The van der Waals surface area contributed by atoms with E-state index in [4.69, 9.17) is 4.74 Å². The quantitative estimate of drug-likeness (QED) is 0.703. The number of hydrogen-bond acceptors (Lipinski definition) is 1. The van der Waals surface area contributed by atoms with Crippen molar-refractivity contribution in [1.82, 2.24) is 4.98 Å². The first-order chi connectivity index (χ1) is 8.33. The van der Waals surface area contributed by atoms with Gasteiger partial charge in [-0.3, -0.25) is 0 Å². The van der Waals surface area contributed by atoms with Crippen molar-refractivity contribution in [3.05, 3.63) is 42.1 Å².